The largest absolute Gasteiger partial charge is 0.493 e. The number of anilines is 3. The number of amides is 1. The van der Waals surface area contributed by atoms with Gasteiger partial charge in [0.25, 0.3) is 5.56 Å². The van der Waals surface area contributed by atoms with Gasteiger partial charge in [-0.1, -0.05) is 33.8 Å². The summed E-state index contributed by atoms with van der Waals surface area (Å²) in [5.41, 5.74) is 1.42. The lowest BCUT2D eigenvalue weighted by Gasteiger charge is -2.13. The van der Waals surface area contributed by atoms with Crippen molar-refractivity contribution in [2.24, 2.45) is 13.0 Å². The molecule has 170 valence electrons. The molecule has 3 aromatic rings. The quantitative estimate of drug-likeness (QED) is 0.546. The van der Waals surface area contributed by atoms with Crippen molar-refractivity contribution in [2.75, 3.05) is 17.7 Å². The minimum Gasteiger partial charge on any atom is -0.493 e. The number of ether oxygens (including phenoxy) is 1. The molecule has 1 aliphatic carbocycles. The van der Waals surface area contributed by atoms with E-state index >= 15 is 0 Å². The van der Waals surface area contributed by atoms with Crippen molar-refractivity contribution in [2.45, 2.75) is 40.5 Å². The second kappa shape index (κ2) is 11.0. The first-order chi connectivity index (χ1) is 15.5. The van der Waals surface area contributed by atoms with Crippen LogP contribution in [0.3, 0.4) is 0 Å². The Morgan fingerprint density at radius 2 is 1.94 bits per heavy atom. The van der Waals surface area contributed by atoms with E-state index in [0.717, 1.165) is 12.8 Å². The number of H-pyrrole nitrogens is 1. The molecule has 0 atom stereocenters. The molecule has 0 bridgehead atoms. The number of hydrogen-bond donors (Lipinski definition) is 3. The Morgan fingerprint density at radius 1 is 1.25 bits per heavy atom. The van der Waals surface area contributed by atoms with Crippen molar-refractivity contribution in [3.8, 4) is 11.8 Å². The molecule has 1 saturated carbocycles. The lowest BCUT2D eigenvalue weighted by atomic mass is 10.1. The van der Waals surface area contributed by atoms with Gasteiger partial charge >= 0.3 is 0 Å². The van der Waals surface area contributed by atoms with Crippen LogP contribution in [0.1, 0.15) is 46.1 Å². The second-order valence-corrected chi connectivity index (χ2v) is 6.64. The summed E-state index contributed by atoms with van der Waals surface area (Å²) in [5.74, 6) is 0.645. The maximum absolute atomic E-state index is 12.5. The van der Waals surface area contributed by atoms with Gasteiger partial charge in [0.1, 0.15) is 17.3 Å². The predicted molar refractivity (Wildman–Crippen MR) is 126 cm³/mol. The van der Waals surface area contributed by atoms with Crippen LogP contribution in [0.25, 0.3) is 11.0 Å². The van der Waals surface area contributed by atoms with Gasteiger partial charge in [-0.3, -0.25) is 19.4 Å². The Hall–Kier alpha value is -3.80. The van der Waals surface area contributed by atoms with Gasteiger partial charge in [-0.05, 0) is 25.0 Å². The molecule has 0 aliphatic heterocycles. The third kappa shape index (κ3) is 5.09. The number of fused-ring (bicyclic) bond motifs is 1. The topological polar surface area (TPSA) is 125 Å². The van der Waals surface area contributed by atoms with Crippen LogP contribution in [0.2, 0.25) is 0 Å². The van der Waals surface area contributed by atoms with Crippen molar-refractivity contribution in [1.29, 1.82) is 5.26 Å². The molecular weight excluding hydrogens is 408 g/mol. The maximum atomic E-state index is 12.5. The van der Waals surface area contributed by atoms with Crippen LogP contribution in [0, 0.1) is 17.2 Å². The number of carbonyl (C=O) groups excluding carboxylic acids is 1. The zero-order valence-corrected chi connectivity index (χ0v) is 19.4. The van der Waals surface area contributed by atoms with E-state index in [4.69, 9.17) is 4.74 Å². The van der Waals surface area contributed by atoms with Crippen LogP contribution >= 0.6 is 0 Å². The smallest absolute Gasteiger partial charge is 0.277 e. The molecule has 0 saturated heterocycles. The number of carbonyl (C=O) groups is 1. The number of nitriles is 1. The minimum absolute atomic E-state index is 0.0242. The zero-order chi connectivity index (χ0) is 23.8. The molecule has 4 rings (SSSR count). The van der Waals surface area contributed by atoms with E-state index in [1.807, 2.05) is 27.7 Å². The molecule has 1 aromatic carbocycles. The molecule has 2 heterocycles. The average Bonchev–Trinajstić information content (AvgIpc) is 3.62. The molecule has 0 radical (unpaired) electrons. The molecule has 9 heteroatoms. The van der Waals surface area contributed by atoms with Gasteiger partial charge in [0.2, 0.25) is 5.91 Å². The summed E-state index contributed by atoms with van der Waals surface area (Å²) >= 11 is 0. The van der Waals surface area contributed by atoms with Crippen LogP contribution in [0.4, 0.5) is 17.2 Å². The molecule has 0 spiro atoms. The fourth-order valence-corrected chi connectivity index (χ4v) is 3.04. The number of benzene rings is 1. The summed E-state index contributed by atoms with van der Waals surface area (Å²) in [6, 6.07) is 8.78. The van der Waals surface area contributed by atoms with E-state index in [1.54, 1.807) is 31.3 Å². The van der Waals surface area contributed by atoms with Crippen LogP contribution in [-0.4, -0.2) is 27.8 Å². The number of aromatic nitrogens is 3. The van der Waals surface area contributed by atoms with Crippen LogP contribution in [0.5, 0.6) is 5.75 Å². The second-order valence-electron chi connectivity index (χ2n) is 6.64. The number of aryl methyl sites for hydroxylation is 1. The summed E-state index contributed by atoms with van der Waals surface area (Å²) in [6.07, 6.45) is 1.75. The zero-order valence-electron chi connectivity index (χ0n) is 19.4. The average molecular weight is 439 g/mol. The molecule has 32 heavy (non-hydrogen) atoms. The summed E-state index contributed by atoms with van der Waals surface area (Å²) < 4.78 is 6.68. The highest BCUT2D eigenvalue weighted by Gasteiger charge is 2.30. The van der Waals surface area contributed by atoms with Crippen molar-refractivity contribution >= 4 is 34.1 Å². The van der Waals surface area contributed by atoms with Crippen molar-refractivity contribution in [1.82, 2.24) is 14.8 Å². The number of para-hydroxylation sites is 1. The Balaban J connectivity index is 0.000000860. The number of methoxy groups -OCH3 is 1. The summed E-state index contributed by atoms with van der Waals surface area (Å²) in [4.78, 5) is 29.0. The third-order valence-electron chi connectivity index (χ3n) is 4.62. The maximum Gasteiger partial charge on any atom is 0.277 e. The van der Waals surface area contributed by atoms with E-state index in [1.165, 1.54) is 11.8 Å². The van der Waals surface area contributed by atoms with E-state index in [2.05, 4.69) is 26.8 Å². The van der Waals surface area contributed by atoms with Crippen LogP contribution in [-0.2, 0) is 11.8 Å². The molecule has 3 N–H and O–H groups in total. The van der Waals surface area contributed by atoms with E-state index < -0.39 is 0 Å². The van der Waals surface area contributed by atoms with E-state index in [-0.39, 0.29) is 17.4 Å². The Morgan fingerprint density at radius 3 is 2.53 bits per heavy atom. The molecule has 1 aliphatic rings. The van der Waals surface area contributed by atoms with Crippen molar-refractivity contribution in [3.05, 3.63) is 40.2 Å². The Kier molecular flexibility index (Phi) is 8.41. The first-order valence-electron chi connectivity index (χ1n) is 10.8. The number of nitrogens with one attached hydrogen (secondary N) is 3. The highest BCUT2D eigenvalue weighted by Crippen LogP contribution is 2.34. The van der Waals surface area contributed by atoms with Crippen molar-refractivity contribution in [3.63, 3.8) is 0 Å². The van der Waals surface area contributed by atoms with Gasteiger partial charge in [0.15, 0.2) is 11.4 Å². The van der Waals surface area contributed by atoms with Gasteiger partial charge in [-0.25, -0.2) is 4.98 Å². The van der Waals surface area contributed by atoms with Gasteiger partial charge < -0.3 is 15.4 Å². The molecule has 2 aromatic heterocycles. The third-order valence-corrected chi connectivity index (χ3v) is 4.62. The fourth-order valence-electron chi connectivity index (χ4n) is 3.04. The molecule has 9 nitrogen and oxygen atoms in total. The van der Waals surface area contributed by atoms with Crippen molar-refractivity contribution < 1.29 is 9.53 Å². The number of pyridine rings is 1. The Bertz CT molecular complexity index is 1180. The van der Waals surface area contributed by atoms with Gasteiger partial charge in [-0.2, -0.15) is 5.26 Å². The van der Waals surface area contributed by atoms with E-state index in [0.29, 0.717) is 39.5 Å². The first-order valence-corrected chi connectivity index (χ1v) is 10.8. The number of aromatic amines is 1. The van der Waals surface area contributed by atoms with E-state index in [9.17, 15) is 14.9 Å². The lowest BCUT2D eigenvalue weighted by Crippen LogP contribution is -2.15. The molecule has 0 unspecified atom stereocenters. The minimum atomic E-state index is -0.263. The highest BCUT2D eigenvalue weighted by atomic mass is 16.5. The number of hydrogen-bond acceptors (Lipinski definition) is 6. The summed E-state index contributed by atoms with van der Waals surface area (Å²) in [6.45, 7) is 8.00. The Labute approximate surface area is 187 Å². The lowest BCUT2D eigenvalue weighted by molar-refractivity contribution is -0.117. The predicted octanol–water partition coefficient (Wildman–Crippen LogP) is 4.29. The monoisotopic (exact) mass is 438 g/mol. The van der Waals surface area contributed by atoms with Gasteiger partial charge in [-0.15, -0.1) is 0 Å². The number of rotatable bonds is 5. The normalized spacial score (nSPS) is 11.9. The molecular formula is C23H30N6O3. The molecule has 1 amide bonds. The fraction of sp³-hybridized carbons (Fsp3) is 0.391. The standard InChI is InChI=1S/C19H18N6O3.2C2H6/c1-25-19(27)15-13(21-12-5-3-4-11(9-20)16(12)28-2)8-14(22-17(15)24-25)23-18(26)10-6-7-10;2*1-2/h3-5,8,10H,6-7H2,1-2H3,(H3,21,22,23,24,26);2*1-2H3. The summed E-state index contributed by atoms with van der Waals surface area (Å²) in [7, 11) is 3.06. The number of nitrogens with zero attached hydrogens (tertiary/aromatic N) is 3. The summed E-state index contributed by atoms with van der Waals surface area (Å²) in [5, 5.41) is 18.5. The van der Waals surface area contributed by atoms with Gasteiger partial charge in [0, 0.05) is 19.0 Å². The first kappa shape index (κ1) is 24.5. The van der Waals surface area contributed by atoms with Gasteiger partial charge in [0.05, 0.1) is 24.0 Å². The SMILES string of the molecule is CC.CC.COc1c(C#N)cccc1Nc1cc(NC(=O)C2CC2)nc2[nH]n(C)c(=O)c12. The highest BCUT2D eigenvalue weighted by molar-refractivity contribution is 5.98. The molecule has 1 fully saturated rings. The van der Waals surface area contributed by atoms with Crippen LogP contribution in [0.15, 0.2) is 29.1 Å². The van der Waals surface area contributed by atoms with Crippen LogP contribution < -0.4 is 20.9 Å².